The van der Waals surface area contributed by atoms with E-state index in [1.807, 2.05) is 0 Å². The van der Waals surface area contributed by atoms with Crippen molar-refractivity contribution in [1.29, 1.82) is 0 Å². The quantitative estimate of drug-likeness (QED) is 0.727. The summed E-state index contributed by atoms with van der Waals surface area (Å²) in [7, 11) is 0. The number of rotatable bonds is 4. The molecule has 0 radical (unpaired) electrons. The van der Waals surface area contributed by atoms with Crippen molar-refractivity contribution in [3.05, 3.63) is 0 Å². The average Bonchev–Trinajstić information content (AvgIpc) is 2.15. The summed E-state index contributed by atoms with van der Waals surface area (Å²) in [6.07, 6.45) is 4.84. The molecule has 2 atom stereocenters. The summed E-state index contributed by atoms with van der Waals surface area (Å²) in [5, 5.41) is 12.9. The number of nitrogens with one attached hydrogen (secondary N) is 1. The van der Waals surface area contributed by atoms with E-state index in [0.29, 0.717) is 24.0 Å². The molecule has 1 saturated carbocycles. The van der Waals surface area contributed by atoms with Crippen LogP contribution in [0.5, 0.6) is 0 Å². The molecule has 0 saturated heterocycles. The highest BCUT2D eigenvalue weighted by Crippen LogP contribution is 2.38. The number of aliphatic hydroxyl groups is 1. The van der Waals surface area contributed by atoms with E-state index in [-0.39, 0.29) is 0 Å². The average molecular weight is 199 g/mol. The Labute approximate surface area is 88.1 Å². The maximum atomic E-state index is 9.35. The van der Waals surface area contributed by atoms with Crippen LogP contribution in [0.15, 0.2) is 0 Å². The van der Waals surface area contributed by atoms with Crippen LogP contribution in [0.1, 0.15) is 46.5 Å². The van der Waals surface area contributed by atoms with E-state index in [0.717, 1.165) is 13.0 Å². The second-order valence-corrected chi connectivity index (χ2v) is 5.41. The molecule has 0 bridgehead atoms. The Kier molecular flexibility index (Phi) is 4.39. The molecule has 2 heteroatoms. The molecule has 1 rings (SSSR count). The number of aliphatic hydroxyl groups excluding tert-OH is 1. The first-order valence-corrected chi connectivity index (χ1v) is 5.93. The van der Waals surface area contributed by atoms with E-state index in [4.69, 9.17) is 0 Å². The third-order valence-corrected chi connectivity index (χ3v) is 3.41. The zero-order valence-corrected chi connectivity index (χ0v) is 9.84. The van der Waals surface area contributed by atoms with Crippen LogP contribution in [-0.2, 0) is 0 Å². The third-order valence-electron chi connectivity index (χ3n) is 3.41. The van der Waals surface area contributed by atoms with Crippen molar-refractivity contribution in [3.63, 3.8) is 0 Å². The van der Waals surface area contributed by atoms with Gasteiger partial charge in [-0.15, -0.1) is 0 Å². The summed E-state index contributed by atoms with van der Waals surface area (Å²) in [4.78, 5) is 0. The molecule has 0 aliphatic heterocycles. The summed E-state index contributed by atoms with van der Waals surface area (Å²) in [5.74, 6) is 0.463. The van der Waals surface area contributed by atoms with E-state index >= 15 is 0 Å². The molecule has 84 valence electrons. The summed E-state index contributed by atoms with van der Waals surface area (Å²) in [6.45, 7) is 8.23. The molecule has 2 N–H and O–H groups in total. The standard InChI is InChI=1S/C12H25NO/c1-4-7-13-11-5-6-12(2,3)8-10(11)9-14/h10-11,13-14H,4-9H2,1-3H3. The highest BCUT2D eigenvalue weighted by molar-refractivity contribution is 4.88. The van der Waals surface area contributed by atoms with Crippen LogP contribution < -0.4 is 5.32 Å². The summed E-state index contributed by atoms with van der Waals surface area (Å²) >= 11 is 0. The van der Waals surface area contributed by atoms with Crippen LogP contribution in [0.4, 0.5) is 0 Å². The molecule has 1 aliphatic rings. The predicted molar refractivity (Wildman–Crippen MR) is 60.3 cm³/mol. The van der Waals surface area contributed by atoms with Crippen molar-refractivity contribution in [3.8, 4) is 0 Å². The number of hydrogen-bond acceptors (Lipinski definition) is 2. The van der Waals surface area contributed by atoms with Crippen LogP contribution in [0.2, 0.25) is 0 Å². The maximum absolute atomic E-state index is 9.35. The minimum absolute atomic E-state index is 0.338. The predicted octanol–water partition coefficient (Wildman–Crippen LogP) is 2.17. The van der Waals surface area contributed by atoms with Crippen molar-refractivity contribution in [1.82, 2.24) is 5.32 Å². The fourth-order valence-electron chi connectivity index (χ4n) is 2.53. The van der Waals surface area contributed by atoms with Gasteiger partial charge in [-0.25, -0.2) is 0 Å². The first-order chi connectivity index (χ1) is 6.59. The van der Waals surface area contributed by atoms with Gasteiger partial charge in [-0.1, -0.05) is 20.8 Å². The third kappa shape index (κ3) is 3.25. The van der Waals surface area contributed by atoms with Crippen molar-refractivity contribution in [2.75, 3.05) is 13.2 Å². The summed E-state index contributed by atoms with van der Waals surface area (Å²) in [6, 6.07) is 0.549. The molecule has 0 heterocycles. The SMILES string of the molecule is CCCNC1CCC(C)(C)CC1CO. The highest BCUT2D eigenvalue weighted by atomic mass is 16.3. The van der Waals surface area contributed by atoms with Crippen LogP contribution in [0, 0.1) is 11.3 Å². The molecule has 1 fully saturated rings. The minimum Gasteiger partial charge on any atom is -0.396 e. The minimum atomic E-state index is 0.338. The summed E-state index contributed by atoms with van der Waals surface area (Å²) in [5.41, 5.74) is 0.428. The molecule has 0 aromatic carbocycles. The van der Waals surface area contributed by atoms with Crippen LogP contribution in [-0.4, -0.2) is 24.3 Å². The fraction of sp³-hybridized carbons (Fsp3) is 1.00. The molecule has 0 aromatic rings. The van der Waals surface area contributed by atoms with E-state index in [2.05, 4.69) is 26.1 Å². The monoisotopic (exact) mass is 199 g/mol. The Bertz CT molecular complexity index is 168. The lowest BCUT2D eigenvalue weighted by atomic mass is 9.70. The molecule has 14 heavy (non-hydrogen) atoms. The van der Waals surface area contributed by atoms with Gasteiger partial charge in [0, 0.05) is 12.6 Å². The largest absolute Gasteiger partial charge is 0.396 e. The number of hydrogen-bond donors (Lipinski definition) is 2. The molecule has 2 nitrogen and oxygen atoms in total. The van der Waals surface area contributed by atoms with E-state index in [9.17, 15) is 5.11 Å². The van der Waals surface area contributed by atoms with Crippen molar-refractivity contribution in [2.24, 2.45) is 11.3 Å². The Morgan fingerprint density at radius 1 is 1.43 bits per heavy atom. The van der Waals surface area contributed by atoms with E-state index in [1.165, 1.54) is 19.3 Å². The molecule has 0 amide bonds. The Morgan fingerprint density at radius 3 is 2.71 bits per heavy atom. The first kappa shape index (κ1) is 12.0. The van der Waals surface area contributed by atoms with Gasteiger partial charge >= 0.3 is 0 Å². The van der Waals surface area contributed by atoms with Crippen molar-refractivity contribution < 1.29 is 5.11 Å². The maximum Gasteiger partial charge on any atom is 0.0474 e. The molecule has 0 aromatic heterocycles. The molecular formula is C12H25NO. The lowest BCUT2D eigenvalue weighted by Crippen LogP contribution is -2.44. The van der Waals surface area contributed by atoms with Gasteiger partial charge in [0.2, 0.25) is 0 Å². The van der Waals surface area contributed by atoms with E-state index < -0.39 is 0 Å². The van der Waals surface area contributed by atoms with Gasteiger partial charge in [0.1, 0.15) is 0 Å². The van der Waals surface area contributed by atoms with Gasteiger partial charge in [0.15, 0.2) is 0 Å². The highest BCUT2D eigenvalue weighted by Gasteiger charge is 2.33. The molecule has 0 spiro atoms. The van der Waals surface area contributed by atoms with Gasteiger partial charge in [0.25, 0.3) is 0 Å². The lowest BCUT2D eigenvalue weighted by Gasteiger charge is -2.40. The van der Waals surface area contributed by atoms with Gasteiger partial charge in [-0.05, 0) is 43.6 Å². The van der Waals surface area contributed by atoms with Gasteiger partial charge in [-0.2, -0.15) is 0 Å². The molecule has 2 unspecified atom stereocenters. The Morgan fingerprint density at radius 2 is 2.14 bits per heavy atom. The zero-order chi connectivity index (χ0) is 10.6. The van der Waals surface area contributed by atoms with Crippen LogP contribution in [0.3, 0.4) is 0 Å². The van der Waals surface area contributed by atoms with Gasteiger partial charge < -0.3 is 10.4 Å². The first-order valence-electron chi connectivity index (χ1n) is 5.93. The normalized spacial score (nSPS) is 31.7. The topological polar surface area (TPSA) is 32.3 Å². The second kappa shape index (κ2) is 5.13. The zero-order valence-electron chi connectivity index (χ0n) is 9.84. The van der Waals surface area contributed by atoms with Gasteiger partial charge in [0.05, 0.1) is 0 Å². The van der Waals surface area contributed by atoms with Crippen LogP contribution in [0.25, 0.3) is 0 Å². The fourth-order valence-corrected chi connectivity index (χ4v) is 2.53. The molecule has 1 aliphatic carbocycles. The van der Waals surface area contributed by atoms with Crippen molar-refractivity contribution >= 4 is 0 Å². The van der Waals surface area contributed by atoms with Gasteiger partial charge in [-0.3, -0.25) is 0 Å². The Balaban J connectivity index is 2.44. The smallest absolute Gasteiger partial charge is 0.0474 e. The summed E-state index contributed by atoms with van der Waals surface area (Å²) < 4.78 is 0. The molecular weight excluding hydrogens is 174 g/mol. The Hall–Kier alpha value is -0.0800. The lowest BCUT2D eigenvalue weighted by molar-refractivity contribution is 0.0867. The van der Waals surface area contributed by atoms with Crippen LogP contribution >= 0.6 is 0 Å². The second-order valence-electron chi connectivity index (χ2n) is 5.41. The van der Waals surface area contributed by atoms with Crippen molar-refractivity contribution in [2.45, 2.75) is 52.5 Å². The van der Waals surface area contributed by atoms with E-state index in [1.54, 1.807) is 0 Å².